The van der Waals surface area contributed by atoms with E-state index in [1.165, 1.54) is 0 Å². The first-order valence-electron chi connectivity index (χ1n) is 8.35. The number of benzene rings is 1. The van der Waals surface area contributed by atoms with Gasteiger partial charge in [-0.05, 0) is 37.3 Å². The van der Waals surface area contributed by atoms with E-state index in [1.807, 2.05) is 6.07 Å². The van der Waals surface area contributed by atoms with Gasteiger partial charge in [0, 0.05) is 6.61 Å². The van der Waals surface area contributed by atoms with Crippen molar-refractivity contribution in [2.75, 3.05) is 12.4 Å². The molecule has 0 aliphatic rings. The van der Waals surface area contributed by atoms with Gasteiger partial charge < -0.3 is 4.74 Å². The summed E-state index contributed by atoms with van der Waals surface area (Å²) < 4.78 is 30.9. The van der Waals surface area contributed by atoms with Crippen LogP contribution in [0.3, 0.4) is 0 Å². The van der Waals surface area contributed by atoms with E-state index in [9.17, 15) is 8.42 Å². The molecule has 0 radical (unpaired) electrons. The molecule has 0 saturated carbocycles. The lowest BCUT2D eigenvalue weighted by atomic mass is 10.1. The van der Waals surface area contributed by atoms with Crippen molar-refractivity contribution >= 4 is 9.84 Å². The number of ether oxygens (including phenoxy) is 1. The molecule has 1 aromatic carbocycles. The molecule has 1 atom stereocenters. The monoisotopic (exact) mass is 326 g/mol. The van der Waals surface area contributed by atoms with E-state index < -0.39 is 9.84 Å². The van der Waals surface area contributed by atoms with Crippen molar-refractivity contribution in [3.63, 3.8) is 0 Å². The average Bonchev–Trinajstić information content (AvgIpc) is 2.49. The lowest BCUT2D eigenvalue weighted by Gasteiger charge is -2.19. The topological polar surface area (TPSA) is 43.4 Å². The maximum Gasteiger partial charge on any atom is 0.180 e. The van der Waals surface area contributed by atoms with Gasteiger partial charge in [0.1, 0.15) is 0 Å². The van der Waals surface area contributed by atoms with Crippen LogP contribution in [0.5, 0.6) is 0 Å². The Labute approximate surface area is 136 Å². The first-order chi connectivity index (χ1) is 10.5. The van der Waals surface area contributed by atoms with Crippen molar-refractivity contribution in [2.45, 2.75) is 63.9 Å². The molecule has 0 aliphatic carbocycles. The van der Waals surface area contributed by atoms with Gasteiger partial charge in [-0.25, -0.2) is 8.42 Å². The van der Waals surface area contributed by atoms with Gasteiger partial charge in [-0.1, -0.05) is 51.8 Å². The number of rotatable bonds is 11. The van der Waals surface area contributed by atoms with Crippen LogP contribution in [0.2, 0.25) is 0 Å². The summed E-state index contributed by atoms with van der Waals surface area (Å²) in [6.07, 6.45) is 4.85. The standard InChI is InChI=1S/C18H30O3S/c1-4-5-9-14-21-17(13-12-16(2)3)15-22(19,20)18-10-7-6-8-11-18/h6-8,10-11,16-17H,4-5,9,12-15H2,1-3H3. The van der Waals surface area contributed by atoms with E-state index in [1.54, 1.807) is 24.3 Å². The third-order valence-corrected chi connectivity index (χ3v) is 5.48. The van der Waals surface area contributed by atoms with Crippen molar-refractivity contribution < 1.29 is 13.2 Å². The highest BCUT2D eigenvalue weighted by molar-refractivity contribution is 7.91. The minimum Gasteiger partial charge on any atom is -0.377 e. The molecule has 0 aliphatic heterocycles. The molecule has 0 bridgehead atoms. The van der Waals surface area contributed by atoms with E-state index >= 15 is 0 Å². The smallest absolute Gasteiger partial charge is 0.180 e. The second-order valence-electron chi connectivity index (χ2n) is 6.27. The minimum atomic E-state index is -3.28. The van der Waals surface area contributed by atoms with Crippen molar-refractivity contribution in [1.29, 1.82) is 0 Å². The van der Waals surface area contributed by atoms with Crippen molar-refractivity contribution in [1.82, 2.24) is 0 Å². The summed E-state index contributed by atoms with van der Waals surface area (Å²) in [6.45, 7) is 7.11. The van der Waals surface area contributed by atoms with Crippen LogP contribution in [0.1, 0.15) is 52.9 Å². The van der Waals surface area contributed by atoms with Crippen LogP contribution in [0, 0.1) is 5.92 Å². The Morgan fingerprint density at radius 1 is 1.05 bits per heavy atom. The van der Waals surface area contributed by atoms with Crippen LogP contribution < -0.4 is 0 Å². The maximum absolute atomic E-state index is 12.5. The molecule has 1 unspecified atom stereocenters. The summed E-state index contributed by atoms with van der Waals surface area (Å²) in [5.74, 6) is 0.636. The Morgan fingerprint density at radius 2 is 1.73 bits per heavy atom. The van der Waals surface area contributed by atoms with Gasteiger partial charge in [0.25, 0.3) is 0 Å². The van der Waals surface area contributed by atoms with Gasteiger partial charge in [-0.3, -0.25) is 0 Å². The van der Waals surface area contributed by atoms with Crippen LogP contribution in [-0.4, -0.2) is 26.9 Å². The van der Waals surface area contributed by atoms with Crippen molar-refractivity contribution in [2.24, 2.45) is 5.92 Å². The summed E-state index contributed by atoms with van der Waals surface area (Å²) in [6, 6.07) is 8.67. The zero-order chi connectivity index (χ0) is 16.4. The molecule has 0 N–H and O–H groups in total. The molecule has 0 amide bonds. The van der Waals surface area contributed by atoms with Crippen LogP contribution in [0.25, 0.3) is 0 Å². The first-order valence-corrected chi connectivity index (χ1v) is 10.0. The lowest BCUT2D eigenvalue weighted by molar-refractivity contribution is 0.0562. The Balaban J connectivity index is 2.65. The van der Waals surface area contributed by atoms with E-state index in [2.05, 4.69) is 20.8 Å². The summed E-state index contributed by atoms with van der Waals surface area (Å²) >= 11 is 0. The molecule has 1 aromatic rings. The van der Waals surface area contributed by atoms with Crippen LogP contribution >= 0.6 is 0 Å². The quantitative estimate of drug-likeness (QED) is 0.563. The molecule has 22 heavy (non-hydrogen) atoms. The maximum atomic E-state index is 12.5. The average molecular weight is 327 g/mol. The number of sulfone groups is 1. The van der Waals surface area contributed by atoms with Crippen molar-refractivity contribution in [3.8, 4) is 0 Å². The molecule has 126 valence electrons. The summed E-state index contributed by atoms with van der Waals surface area (Å²) in [5.41, 5.74) is 0. The van der Waals surface area contributed by atoms with Gasteiger partial charge in [0.15, 0.2) is 9.84 Å². The normalized spacial score (nSPS) is 13.5. The molecular weight excluding hydrogens is 296 g/mol. The zero-order valence-electron chi connectivity index (χ0n) is 14.1. The summed E-state index contributed by atoms with van der Waals surface area (Å²) in [7, 11) is -3.28. The largest absolute Gasteiger partial charge is 0.377 e. The Morgan fingerprint density at radius 3 is 2.32 bits per heavy atom. The Kier molecular flexibility index (Phi) is 8.72. The predicted octanol–water partition coefficient (Wildman–Crippen LogP) is 4.47. The highest BCUT2D eigenvalue weighted by Crippen LogP contribution is 2.17. The molecule has 1 rings (SSSR count). The SMILES string of the molecule is CCCCCOC(CCC(C)C)CS(=O)(=O)c1ccccc1. The van der Waals surface area contributed by atoms with Gasteiger partial charge in [-0.15, -0.1) is 0 Å². The zero-order valence-corrected chi connectivity index (χ0v) is 14.9. The highest BCUT2D eigenvalue weighted by atomic mass is 32.2. The highest BCUT2D eigenvalue weighted by Gasteiger charge is 2.21. The fourth-order valence-corrected chi connectivity index (χ4v) is 3.82. The lowest BCUT2D eigenvalue weighted by Crippen LogP contribution is -2.25. The summed E-state index contributed by atoms with van der Waals surface area (Å²) in [4.78, 5) is 0.390. The van der Waals surface area contributed by atoms with Gasteiger partial charge in [0.05, 0.1) is 16.8 Å². The fraction of sp³-hybridized carbons (Fsp3) is 0.667. The molecule has 4 heteroatoms. The Hall–Kier alpha value is -0.870. The second-order valence-corrected chi connectivity index (χ2v) is 8.30. The third kappa shape index (κ3) is 7.41. The van der Waals surface area contributed by atoms with Crippen LogP contribution in [-0.2, 0) is 14.6 Å². The molecule has 0 fully saturated rings. The van der Waals surface area contributed by atoms with E-state index in [0.29, 0.717) is 17.4 Å². The third-order valence-electron chi connectivity index (χ3n) is 3.68. The predicted molar refractivity (Wildman–Crippen MR) is 91.8 cm³/mol. The minimum absolute atomic E-state index is 0.0792. The second kappa shape index (κ2) is 10.0. The number of hydrogen-bond acceptors (Lipinski definition) is 3. The fourth-order valence-electron chi connectivity index (χ4n) is 2.30. The van der Waals surface area contributed by atoms with E-state index in [0.717, 1.165) is 32.1 Å². The van der Waals surface area contributed by atoms with Gasteiger partial charge >= 0.3 is 0 Å². The van der Waals surface area contributed by atoms with Gasteiger partial charge in [0.2, 0.25) is 0 Å². The first kappa shape index (κ1) is 19.2. The number of hydrogen-bond donors (Lipinski definition) is 0. The van der Waals surface area contributed by atoms with E-state index in [-0.39, 0.29) is 11.9 Å². The Bertz CT molecular complexity index is 494. The molecule has 0 spiro atoms. The molecule has 0 saturated heterocycles. The molecule has 0 heterocycles. The van der Waals surface area contributed by atoms with Gasteiger partial charge in [-0.2, -0.15) is 0 Å². The number of unbranched alkanes of at least 4 members (excludes halogenated alkanes) is 2. The summed E-state index contributed by atoms with van der Waals surface area (Å²) in [5, 5.41) is 0. The van der Waals surface area contributed by atoms with Crippen molar-refractivity contribution in [3.05, 3.63) is 30.3 Å². The molecular formula is C18H30O3S. The molecule has 0 aromatic heterocycles. The van der Waals surface area contributed by atoms with E-state index in [4.69, 9.17) is 4.74 Å². The molecule has 3 nitrogen and oxygen atoms in total. The van der Waals surface area contributed by atoms with Crippen LogP contribution in [0.15, 0.2) is 35.2 Å². The van der Waals surface area contributed by atoms with Crippen LogP contribution in [0.4, 0.5) is 0 Å².